The third-order valence-electron chi connectivity index (χ3n) is 4.67. The number of halogens is 7. The molecule has 184 valence electrons. The van der Waals surface area contributed by atoms with Crippen LogP contribution in [0, 0.1) is 0 Å². The number of carbonyl (C=O) groups excluding carboxylic acids is 2. The summed E-state index contributed by atoms with van der Waals surface area (Å²) in [6, 6.07) is 6.80. The topological polar surface area (TPSA) is 58.2 Å². The molecule has 2 N–H and O–H groups in total. The van der Waals surface area contributed by atoms with Gasteiger partial charge in [-0.25, -0.2) is 0 Å². The van der Waals surface area contributed by atoms with E-state index in [4.69, 9.17) is 34.8 Å². The van der Waals surface area contributed by atoms with Gasteiger partial charge in [-0.1, -0.05) is 53.0 Å². The van der Waals surface area contributed by atoms with Crippen molar-refractivity contribution in [3.8, 4) is 0 Å². The van der Waals surface area contributed by atoms with Gasteiger partial charge in [0.05, 0.1) is 32.1 Å². The third kappa shape index (κ3) is 7.90. The Morgan fingerprint density at radius 1 is 1.09 bits per heavy atom. The Morgan fingerprint density at radius 3 is 2.18 bits per heavy atom. The molecule has 2 rings (SSSR count). The maximum absolute atomic E-state index is 13.7. The molecule has 0 spiro atoms. The first-order chi connectivity index (χ1) is 15.6. The van der Waals surface area contributed by atoms with Crippen molar-refractivity contribution in [1.82, 2.24) is 10.6 Å². The summed E-state index contributed by atoms with van der Waals surface area (Å²) in [5.41, 5.74) is -0.153. The van der Waals surface area contributed by atoms with E-state index in [2.05, 4.69) is 26.6 Å². The fraction of sp³-hybridized carbons (Fsp3) is 0.304. The first-order valence-corrected chi connectivity index (χ1v) is 11.8. The van der Waals surface area contributed by atoms with E-state index in [-0.39, 0.29) is 38.6 Å². The summed E-state index contributed by atoms with van der Waals surface area (Å²) in [6.07, 6.45) is -2.33. The number of hydrogen-bond acceptors (Lipinski definition) is 2. The molecule has 1 atom stereocenters. The number of alkyl halides is 3. The maximum atomic E-state index is 13.7. The lowest BCUT2D eigenvalue weighted by molar-refractivity contribution is -0.139. The van der Waals surface area contributed by atoms with E-state index in [0.717, 1.165) is 18.2 Å². The minimum atomic E-state index is -4.60. The van der Waals surface area contributed by atoms with Crippen molar-refractivity contribution in [3.63, 3.8) is 0 Å². The number of hydrogen-bond donors (Lipinski definition) is 2. The Labute approximate surface area is 219 Å². The normalized spacial score (nSPS) is 13.1. The summed E-state index contributed by atoms with van der Waals surface area (Å²) >= 11 is 21.0. The standard InChI is InChI=1S/C23H21BrCl3F3N2O2/c1-12(33)31-11-22(2,3)32-21(34)15-6-4-13(8-17(15)24)5-7-16(23(28,29)30)14-9-18(25)20(27)19(26)10-14/h4-10,16H,11H2,1-3H3,(H,31,33)(H,32,34)/b7-5+. The van der Waals surface area contributed by atoms with Gasteiger partial charge in [0.1, 0.15) is 0 Å². The Bertz CT molecular complexity index is 1100. The number of rotatable bonds is 7. The van der Waals surface area contributed by atoms with Gasteiger partial charge in [-0.3, -0.25) is 9.59 Å². The van der Waals surface area contributed by atoms with Gasteiger partial charge in [-0.15, -0.1) is 0 Å². The molecule has 2 aromatic rings. The Hall–Kier alpha value is -1.74. The molecule has 0 fully saturated rings. The highest BCUT2D eigenvalue weighted by Crippen LogP contribution is 2.41. The van der Waals surface area contributed by atoms with Crippen LogP contribution >= 0.6 is 50.7 Å². The third-order valence-corrected chi connectivity index (χ3v) is 6.52. The maximum Gasteiger partial charge on any atom is 0.399 e. The lowest BCUT2D eigenvalue weighted by Crippen LogP contribution is -2.51. The monoisotopic (exact) mass is 598 g/mol. The molecule has 0 bridgehead atoms. The van der Waals surface area contributed by atoms with Crippen molar-refractivity contribution >= 4 is 68.6 Å². The highest BCUT2D eigenvalue weighted by molar-refractivity contribution is 9.10. The largest absolute Gasteiger partial charge is 0.399 e. The molecule has 34 heavy (non-hydrogen) atoms. The molecule has 0 aliphatic carbocycles. The highest BCUT2D eigenvalue weighted by Gasteiger charge is 2.39. The number of allylic oxidation sites excluding steroid dienone is 1. The van der Waals surface area contributed by atoms with Crippen LogP contribution < -0.4 is 10.6 Å². The smallest absolute Gasteiger partial charge is 0.354 e. The minimum Gasteiger partial charge on any atom is -0.354 e. The van der Waals surface area contributed by atoms with Crippen molar-refractivity contribution in [3.05, 3.63) is 72.6 Å². The average Bonchev–Trinajstić information content (AvgIpc) is 2.69. The van der Waals surface area contributed by atoms with Crippen LogP contribution in [0.5, 0.6) is 0 Å². The number of carbonyl (C=O) groups is 2. The Balaban J connectivity index is 2.26. The highest BCUT2D eigenvalue weighted by atomic mass is 79.9. The number of nitrogens with one attached hydrogen (secondary N) is 2. The summed E-state index contributed by atoms with van der Waals surface area (Å²) in [5.74, 6) is -2.60. The van der Waals surface area contributed by atoms with Crippen LogP contribution in [0.1, 0.15) is 48.2 Å². The van der Waals surface area contributed by atoms with E-state index < -0.39 is 23.5 Å². The van der Waals surface area contributed by atoms with Gasteiger partial charge < -0.3 is 10.6 Å². The Morgan fingerprint density at radius 2 is 1.68 bits per heavy atom. The first kappa shape index (κ1) is 28.5. The van der Waals surface area contributed by atoms with E-state index in [1.54, 1.807) is 13.8 Å². The summed E-state index contributed by atoms with van der Waals surface area (Å²) in [5, 5.41) is 5.27. The molecule has 2 amide bonds. The molecule has 0 radical (unpaired) electrons. The van der Waals surface area contributed by atoms with Crippen LogP contribution in [0.3, 0.4) is 0 Å². The molecule has 0 saturated carbocycles. The van der Waals surface area contributed by atoms with Gasteiger partial charge in [0.25, 0.3) is 5.91 Å². The molecular weight excluding hydrogens is 580 g/mol. The Kier molecular flexibility index (Phi) is 9.50. The molecule has 0 aliphatic heterocycles. The number of benzene rings is 2. The zero-order chi connectivity index (χ0) is 25.8. The van der Waals surface area contributed by atoms with Crippen LogP contribution in [-0.2, 0) is 4.79 Å². The van der Waals surface area contributed by atoms with Gasteiger partial charge in [0.2, 0.25) is 5.91 Å². The number of amides is 2. The second kappa shape index (κ2) is 11.3. The predicted octanol–water partition coefficient (Wildman–Crippen LogP) is 7.41. The SMILES string of the molecule is CC(=O)NCC(C)(C)NC(=O)c1ccc(/C=C/C(c2cc(Cl)c(Cl)c(Cl)c2)C(F)(F)F)cc1Br. The van der Waals surface area contributed by atoms with Crippen molar-refractivity contribution < 1.29 is 22.8 Å². The fourth-order valence-corrected chi connectivity index (χ4v) is 4.14. The minimum absolute atomic E-state index is 0.0185. The second-order valence-corrected chi connectivity index (χ2v) is 10.2. The van der Waals surface area contributed by atoms with Gasteiger partial charge >= 0.3 is 6.18 Å². The summed E-state index contributed by atoms with van der Waals surface area (Å²) < 4.78 is 41.6. The van der Waals surface area contributed by atoms with Crippen molar-refractivity contribution in [2.24, 2.45) is 0 Å². The predicted molar refractivity (Wildman–Crippen MR) is 134 cm³/mol. The zero-order valence-electron chi connectivity index (χ0n) is 18.3. The molecule has 1 unspecified atom stereocenters. The summed E-state index contributed by atoms with van der Waals surface area (Å²) in [7, 11) is 0. The van der Waals surface area contributed by atoms with Gasteiger partial charge in [0, 0.05) is 17.9 Å². The van der Waals surface area contributed by atoms with Crippen LogP contribution in [0.2, 0.25) is 15.1 Å². The molecular formula is C23H21BrCl3F3N2O2. The van der Waals surface area contributed by atoms with E-state index in [1.165, 1.54) is 31.2 Å². The summed E-state index contributed by atoms with van der Waals surface area (Å²) in [6.45, 7) is 5.10. The second-order valence-electron chi connectivity index (χ2n) is 8.16. The molecule has 0 heterocycles. The zero-order valence-corrected chi connectivity index (χ0v) is 22.1. The lowest BCUT2D eigenvalue weighted by Gasteiger charge is -2.26. The van der Waals surface area contributed by atoms with Crippen LogP contribution in [0.4, 0.5) is 13.2 Å². The van der Waals surface area contributed by atoms with Gasteiger partial charge in [-0.05, 0) is 65.2 Å². The van der Waals surface area contributed by atoms with Crippen molar-refractivity contribution in [1.29, 1.82) is 0 Å². The molecule has 0 saturated heterocycles. The van der Waals surface area contributed by atoms with Crippen molar-refractivity contribution in [2.75, 3.05) is 6.54 Å². The lowest BCUT2D eigenvalue weighted by atomic mass is 9.97. The quantitative estimate of drug-likeness (QED) is 0.325. The molecule has 0 aromatic heterocycles. The van der Waals surface area contributed by atoms with E-state index in [0.29, 0.717) is 10.0 Å². The van der Waals surface area contributed by atoms with E-state index in [1.807, 2.05) is 0 Å². The molecule has 11 heteroatoms. The van der Waals surface area contributed by atoms with Crippen LogP contribution in [0.15, 0.2) is 40.9 Å². The molecule has 2 aromatic carbocycles. The summed E-state index contributed by atoms with van der Waals surface area (Å²) in [4.78, 5) is 23.8. The van der Waals surface area contributed by atoms with Crippen LogP contribution in [0.25, 0.3) is 6.08 Å². The van der Waals surface area contributed by atoms with E-state index in [9.17, 15) is 22.8 Å². The fourth-order valence-electron chi connectivity index (χ4n) is 2.95. The average molecular weight is 601 g/mol. The van der Waals surface area contributed by atoms with Crippen LogP contribution in [-0.4, -0.2) is 30.1 Å². The van der Waals surface area contributed by atoms with Crippen molar-refractivity contribution in [2.45, 2.75) is 38.4 Å². The molecule has 0 aliphatic rings. The van der Waals surface area contributed by atoms with E-state index >= 15 is 0 Å². The molecule has 4 nitrogen and oxygen atoms in total. The van der Waals surface area contributed by atoms with Gasteiger partial charge in [-0.2, -0.15) is 13.2 Å². The van der Waals surface area contributed by atoms with Gasteiger partial charge in [0.15, 0.2) is 0 Å². The first-order valence-electron chi connectivity index (χ1n) is 9.86.